The third-order valence-corrected chi connectivity index (χ3v) is 7.17. The van der Waals surface area contributed by atoms with Crippen LogP contribution in [-0.4, -0.2) is 33.0 Å². The summed E-state index contributed by atoms with van der Waals surface area (Å²) in [5.74, 6) is 1.23. The smallest absolute Gasteiger partial charge is 0.416 e. The van der Waals surface area contributed by atoms with E-state index in [2.05, 4.69) is 15.5 Å². The molecule has 0 aliphatic carbocycles. The summed E-state index contributed by atoms with van der Waals surface area (Å²) in [5.41, 5.74) is 0.417. The van der Waals surface area contributed by atoms with Crippen LogP contribution >= 0.6 is 35.0 Å². The highest BCUT2D eigenvalue weighted by Crippen LogP contribution is 2.33. The molecule has 4 aromatic rings. The van der Waals surface area contributed by atoms with Crippen molar-refractivity contribution in [3.63, 3.8) is 0 Å². The molecule has 2 heterocycles. The Morgan fingerprint density at radius 2 is 1.89 bits per heavy atom. The zero-order valence-electron chi connectivity index (χ0n) is 20.0. The van der Waals surface area contributed by atoms with Crippen molar-refractivity contribution < 1.29 is 22.4 Å². The minimum absolute atomic E-state index is 0.0627. The lowest BCUT2D eigenvalue weighted by Crippen LogP contribution is -2.25. The predicted octanol–water partition coefficient (Wildman–Crippen LogP) is 7.47. The molecule has 2 aromatic heterocycles. The van der Waals surface area contributed by atoms with Crippen LogP contribution in [0.2, 0.25) is 10.0 Å². The fraction of sp³-hybridized carbons (Fsp3) is 0.269. The largest absolute Gasteiger partial charge is 0.461 e. The van der Waals surface area contributed by atoms with Gasteiger partial charge in [-0.1, -0.05) is 47.1 Å². The number of carbonyl (C=O) groups is 1. The maximum atomic E-state index is 13.3. The topological polar surface area (TPSA) is 73.0 Å². The van der Waals surface area contributed by atoms with Crippen molar-refractivity contribution in [2.45, 2.75) is 37.0 Å². The Hall–Kier alpha value is -2.95. The SMILES string of the molecule is O=C(CCCCSc1nnc(-c2ccco2)n1-c1cccc(C(F)(F)F)c1)NCCc1ccc(Cl)cc1Cl. The first-order chi connectivity index (χ1) is 18.2. The average Bonchev–Trinajstić information content (AvgIpc) is 3.55. The van der Waals surface area contributed by atoms with Crippen LogP contribution in [0.25, 0.3) is 17.3 Å². The highest BCUT2D eigenvalue weighted by molar-refractivity contribution is 7.99. The molecule has 0 aliphatic heterocycles. The number of hydrogen-bond acceptors (Lipinski definition) is 5. The number of nitrogens with one attached hydrogen (secondary N) is 1. The summed E-state index contributed by atoms with van der Waals surface area (Å²) >= 11 is 13.4. The standard InChI is InChI=1S/C26H23Cl2F3N4O2S/c27-19-10-9-17(21(28)16-19)11-12-32-23(36)8-1-2-14-38-25-34-33-24(22-7-4-13-37-22)35(25)20-6-3-5-18(15-20)26(29,30)31/h3-7,9-10,13,15-16H,1-2,8,11-12,14H2,(H,32,36). The van der Waals surface area contributed by atoms with E-state index in [1.807, 2.05) is 6.07 Å². The molecule has 12 heteroatoms. The summed E-state index contributed by atoms with van der Waals surface area (Å²) in [4.78, 5) is 12.2. The molecule has 0 unspecified atom stereocenters. The first-order valence-electron chi connectivity index (χ1n) is 11.7. The second-order valence-corrected chi connectivity index (χ2v) is 10.2. The summed E-state index contributed by atoms with van der Waals surface area (Å²) in [6, 6.07) is 13.6. The number of unbranched alkanes of at least 4 members (excludes halogenated alkanes) is 1. The van der Waals surface area contributed by atoms with Crippen LogP contribution in [0, 0.1) is 0 Å². The van der Waals surface area contributed by atoms with Gasteiger partial charge in [0.25, 0.3) is 0 Å². The van der Waals surface area contributed by atoms with E-state index in [0.29, 0.717) is 64.8 Å². The summed E-state index contributed by atoms with van der Waals surface area (Å²) in [7, 11) is 0. The molecule has 4 rings (SSSR count). The summed E-state index contributed by atoms with van der Waals surface area (Å²) in [6.45, 7) is 0.463. The molecular weight excluding hydrogens is 560 g/mol. The van der Waals surface area contributed by atoms with Crippen LogP contribution in [0.15, 0.2) is 70.4 Å². The van der Waals surface area contributed by atoms with Gasteiger partial charge in [0, 0.05) is 28.8 Å². The number of benzene rings is 2. The van der Waals surface area contributed by atoms with Crippen LogP contribution < -0.4 is 5.32 Å². The number of nitrogens with zero attached hydrogens (tertiary/aromatic N) is 3. The van der Waals surface area contributed by atoms with E-state index in [4.69, 9.17) is 27.6 Å². The van der Waals surface area contributed by atoms with Gasteiger partial charge in [0.15, 0.2) is 10.9 Å². The number of halogens is 5. The quantitative estimate of drug-likeness (QED) is 0.147. The molecule has 0 saturated heterocycles. The van der Waals surface area contributed by atoms with E-state index >= 15 is 0 Å². The molecule has 0 bridgehead atoms. The highest BCUT2D eigenvalue weighted by atomic mass is 35.5. The number of aromatic nitrogens is 3. The first-order valence-corrected chi connectivity index (χ1v) is 13.5. The van der Waals surface area contributed by atoms with Gasteiger partial charge in [0.2, 0.25) is 11.7 Å². The maximum absolute atomic E-state index is 13.3. The summed E-state index contributed by atoms with van der Waals surface area (Å²) < 4.78 is 46.9. The van der Waals surface area contributed by atoms with Gasteiger partial charge in [-0.05, 0) is 67.3 Å². The zero-order valence-corrected chi connectivity index (χ0v) is 22.3. The van der Waals surface area contributed by atoms with Gasteiger partial charge in [-0.25, -0.2) is 0 Å². The molecule has 0 fully saturated rings. The van der Waals surface area contributed by atoms with Crippen LogP contribution in [0.5, 0.6) is 0 Å². The van der Waals surface area contributed by atoms with E-state index in [1.54, 1.807) is 34.9 Å². The van der Waals surface area contributed by atoms with Gasteiger partial charge in [-0.2, -0.15) is 13.2 Å². The molecular formula is C26H23Cl2F3N4O2S. The van der Waals surface area contributed by atoms with Crippen LogP contribution in [0.3, 0.4) is 0 Å². The first kappa shape index (κ1) is 28.1. The van der Waals surface area contributed by atoms with E-state index in [9.17, 15) is 18.0 Å². The molecule has 0 radical (unpaired) electrons. The Morgan fingerprint density at radius 3 is 2.63 bits per heavy atom. The van der Waals surface area contributed by atoms with Crippen molar-refractivity contribution in [2.75, 3.05) is 12.3 Å². The third-order valence-electron chi connectivity index (χ3n) is 5.57. The van der Waals surface area contributed by atoms with Crippen molar-refractivity contribution in [1.29, 1.82) is 0 Å². The van der Waals surface area contributed by atoms with Gasteiger partial charge in [0.05, 0.1) is 17.5 Å². The van der Waals surface area contributed by atoms with E-state index in [0.717, 1.165) is 17.7 Å². The Kier molecular flexibility index (Phi) is 9.40. The Morgan fingerprint density at radius 1 is 1.05 bits per heavy atom. The Bertz CT molecular complexity index is 1380. The van der Waals surface area contributed by atoms with Crippen molar-refractivity contribution >= 4 is 40.9 Å². The number of carbonyl (C=O) groups excluding carboxylic acids is 1. The third kappa shape index (κ3) is 7.33. The summed E-state index contributed by atoms with van der Waals surface area (Å²) in [5, 5.41) is 12.8. The number of furan rings is 1. The fourth-order valence-electron chi connectivity index (χ4n) is 3.68. The van der Waals surface area contributed by atoms with Gasteiger partial charge >= 0.3 is 6.18 Å². The number of thioether (sulfide) groups is 1. The monoisotopic (exact) mass is 582 g/mol. The zero-order chi connectivity index (χ0) is 27.1. The molecule has 1 N–H and O–H groups in total. The summed E-state index contributed by atoms with van der Waals surface area (Å²) in [6.07, 6.45) is -0.726. The minimum Gasteiger partial charge on any atom is -0.461 e. The molecule has 2 aromatic carbocycles. The Balaban J connectivity index is 1.32. The second kappa shape index (κ2) is 12.7. The van der Waals surface area contributed by atoms with E-state index < -0.39 is 11.7 Å². The van der Waals surface area contributed by atoms with E-state index in [-0.39, 0.29) is 11.6 Å². The molecule has 200 valence electrons. The molecule has 38 heavy (non-hydrogen) atoms. The number of alkyl halides is 3. The lowest BCUT2D eigenvalue weighted by molar-refractivity contribution is -0.137. The molecule has 0 saturated carbocycles. The predicted molar refractivity (Wildman–Crippen MR) is 142 cm³/mol. The molecule has 0 spiro atoms. The van der Waals surface area contributed by atoms with Gasteiger partial charge in [-0.15, -0.1) is 10.2 Å². The van der Waals surface area contributed by atoms with Gasteiger partial charge < -0.3 is 9.73 Å². The lowest BCUT2D eigenvalue weighted by atomic mass is 10.1. The van der Waals surface area contributed by atoms with Crippen LogP contribution in [0.1, 0.15) is 30.4 Å². The second-order valence-electron chi connectivity index (χ2n) is 8.31. The number of amides is 1. The lowest BCUT2D eigenvalue weighted by Gasteiger charge is -2.12. The van der Waals surface area contributed by atoms with Crippen molar-refractivity contribution in [2.24, 2.45) is 0 Å². The van der Waals surface area contributed by atoms with E-state index in [1.165, 1.54) is 24.1 Å². The molecule has 0 aliphatic rings. The number of rotatable bonds is 11. The van der Waals surface area contributed by atoms with Crippen molar-refractivity contribution in [3.05, 3.63) is 82.0 Å². The van der Waals surface area contributed by atoms with Gasteiger partial charge in [-0.3, -0.25) is 9.36 Å². The molecule has 6 nitrogen and oxygen atoms in total. The van der Waals surface area contributed by atoms with Crippen molar-refractivity contribution in [1.82, 2.24) is 20.1 Å². The average molecular weight is 583 g/mol. The normalized spacial score (nSPS) is 11.6. The fourth-order valence-corrected chi connectivity index (χ4v) is 5.14. The molecule has 0 atom stereocenters. The van der Waals surface area contributed by atoms with Gasteiger partial charge in [0.1, 0.15) is 0 Å². The van der Waals surface area contributed by atoms with Crippen LogP contribution in [0.4, 0.5) is 13.2 Å². The van der Waals surface area contributed by atoms with Crippen LogP contribution in [-0.2, 0) is 17.4 Å². The maximum Gasteiger partial charge on any atom is 0.416 e. The minimum atomic E-state index is -4.48. The number of hydrogen-bond donors (Lipinski definition) is 1. The van der Waals surface area contributed by atoms with Crippen molar-refractivity contribution in [3.8, 4) is 17.3 Å². The highest BCUT2D eigenvalue weighted by Gasteiger charge is 2.31. The Labute approximate surface area is 231 Å². The molecule has 1 amide bonds.